The summed E-state index contributed by atoms with van der Waals surface area (Å²) in [6.45, 7) is 4.29. The van der Waals surface area contributed by atoms with Crippen molar-refractivity contribution in [2.24, 2.45) is 11.6 Å². The average molecular weight is 239 g/mol. The normalized spacial score (nSPS) is 11.6. The summed E-state index contributed by atoms with van der Waals surface area (Å²) >= 11 is 0. The lowest BCUT2D eigenvalue weighted by molar-refractivity contribution is 0.410. The number of nitrogens with zero attached hydrogens (tertiary/aromatic N) is 2. The molecule has 0 atom stereocenters. The van der Waals surface area contributed by atoms with E-state index in [4.69, 9.17) is 11.6 Å². The van der Waals surface area contributed by atoms with Crippen molar-refractivity contribution in [1.29, 1.82) is 0 Å². The van der Waals surface area contributed by atoms with Crippen molar-refractivity contribution < 1.29 is 0 Å². The van der Waals surface area contributed by atoms with E-state index in [0.29, 0.717) is 17.8 Å². The van der Waals surface area contributed by atoms with E-state index in [1.807, 2.05) is 6.92 Å². The maximum atomic E-state index is 11.5. The van der Waals surface area contributed by atoms with Gasteiger partial charge >= 0.3 is 5.69 Å². The van der Waals surface area contributed by atoms with Gasteiger partial charge in [-0.05, 0) is 13.8 Å². The first kappa shape index (κ1) is 13.0. The van der Waals surface area contributed by atoms with Crippen LogP contribution in [0.5, 0.6) is 0 Å². The molecule has 1 rings (SSSR count). The van der Waals surface area contributed by atoms with E-state index in [1.54, 1.807) is 13.1 Å². The molecule has 7 nitrogen and oxygen atoms in total. The number of aromatic nitrogens is 2. The van der Waals surface area contributed by atoms with Crippen molar-refractivity contribution in [3.63, 3.8) is 0 Å². The maximum absolute atomic E-state index is 11.5. The Morgan fingerprint density at radius 2 is 2.24 bits per heavy atom. The van der Waals surface area contributed by atoms with Crippen molar-refractivity contribution in [3.8, 4) is 0 Å². The number of rotatable bonds is 4. The lowest BCUT2D eigenvalue weighted by Crippen LogP contribution is -2.33. The largest absolute Gasteiger partial charge is 0.399 e. The lowest BCUT2D eigenvalue weighted by Gasteiger charge is -2.12. The molecule has 17 heavy (non-hydrogen) atoms. The smallest absolute Gasteiger partial charge is 0.328 e. The van der Waals surface area contributed by atoms with Gasteiger partial charge in [0.15, 0.2) is 0 Å². The molecule has 0 saturated carbocycles. The predicted octanol–water partition coefficient (Wildman–Crippen LogP) is -1.16. The molecule has 0 spiro atoms. The van der Waals surface area contributed by atoms with Crippen LogP contribution in [0.2, 0.25) is 0 Å². The number of H-pyrrole nitrogens is 1. The fraction of sp³-hybridized carbons (Fsp3) is 0.400. The minimum atomic E-state index is -0.489. The molecule has 0 bridgehead atoms. The molecule has 0 aromatic carbocycles. The molecule has 7 heteroatoms. The molecule has 5 N–H and O–H groups in total. The van der Waals surface area contributed by atoms with Crippen molar-refractivity contribution in [2.75, 3.05) is 6.54 Å². The molecule has 0 amide bonds. The van der Waals surface area contributed by atoms with Crippen LogP contribution >= 0.6 is 0 Å². The monoisotopic (exact) mass is 239 g/mol. The highest BCUT2D eigenvalue weighted by Crippen LogP contribution is 1.92. The number of aromatic amines is 1. The fourth-order valence-corrected chi connectivity index (χ4v) is 1.28. The van der Waals surface area contributed by atoms with Crippen LogP contribution in [0.4, 0.5) is 0 Å². The Balaban J connectivity index is 2.97. The highest BCUT2D eigenvalue weighted by atomic mass is 16.2. The van der Waals surface area contributed by atoms with Gasteiger partial charge in [0, 0.05) is 30.2 Å². The molecule has 1 heterocycles. The van der Waals surface area contributed by atoms with Crippen LogP contribution in [0.1, 0.15) is 12.5 Å². The summed E-state index contributed by atoms with van der Waals surface area (Å²) in [6, 6.07) is 0. The minimum absolute atomic E-state index is 0.185. The zero-order valence-electron chi connectivity index (χ0n) is 9.93. The summed E-state index contributed by atoms with van der Waals surface area (Å²) in [5.74, 6) is 5.55. The number of nitrogens with one attached hydrogen (secondary N) is 1. The second kappa shape index (κ2) is 5.35. The number of hydrazine groups is 1. The van der Waals surface area contributed by atoms with Gasteiger partial charge in [-0.3, -0.25) is 14.3 Å². The van der Waals surface area contributed by atoms with E-state index in [2.05, 4.69) is 4.98 Å². The average Bonchev–Trinajstić information content (AvgIpc) is 2.25. The second-order valence-electron chi connectivity index (χ2n) is 3.73. The van der Waals surface area contributed by atoms with Crippen molar-refractivity contribution >= 4 is 0 Å². The Labute approximate surface area is 98.3 Å². The van der Waals surface area contributed by atoms with Crippen molar-refractivity contribution in [2.45, 2.75) is 20.4 Å². The molecule has 94 valence electrons. The van der Waals surface area contributed by atoms with E-state index in [-0.39, 0.29) is 12.1 Å². The summed E-state index contributed by atoms with van der Waals surface area (Å²) in [4.78, 5) is 24.8. The number of hydrogen-bond acceptors (Lipinski definition) is 5. The van der Waals surface area contributed by atoms with Crippen LogP contribution in [0, 0.1) is 6.92 Å². The highest BCUT2D eigenvalue weighted by molar-refractivity contribution is 5.03. The standard InChI is InChI=1S/C10H17N5O2/c1-3-15(12)6-8(11)5-14-4-7(2)9(16)13-10(14)17/h4,6H,3,5,11-12H2,1-2H3,(H,13,16,17)/b8-6-. The molecule has 1 aromatic rings. The molecule has 0 aliphatic heterocycles. The first-order valence-corrected chi connectivity index (χ1v) is 5.22. The van der Waals surface area contributed by atoms with Gasteiger partial charge in [0.2, 0.25) is 0 Å². The third-order valence-corrected chi connectivity index (χ3v) is 2.24. The molecule has 0 aliphatic rings. The Kier molecular flexibility index (Phi) is 4.11. The highest BCUT2D eigenvalue weighted by Gasteiger charge is 2.02. The van der Waals surface area contributed by atoms with E-state index in [1.165, 1.54) is 15.8 Å². The lowest BCUT2D eigenvalue weighted by atomic mass is 10.3. The summed E-state index contributed by atoms with van der Waals surface area (Å²) in [6.07, 6.45) is 3.02. The number of aryl methyl sites for hydroxylation is 1. The summed E-state index contributed by atoms with van der Waals surface area (Å²) in [5, 5.41) is 1.42. The first-order valence-electron chi connectivity index (χ1n) is 5.22. The van der Waals surface area contributed by atoms with Crippen LogP contribution in [0.3, 0.4) is 0 Å². The van der Waals surface area contributed by atoms with Gasteiger partial charge in [0.25, 0.3) is 5.56 Å². The van der Waals surface area contributed by atoms with Gasteiger partial charge in [-0.15, -0.1) is 0 Å². The molecule has 0 fully saturated rings. The first-order chi connectivity index (χ1) is 7.93. The number of allylic oxidation sites excluding steroid dienone is 1. The van der Waals surface area contributed by atoms with Crippen LogP contribution in [-0.4, -0.2) is 21.1 Å². The van der Waals surface area contributed by atoms with Gasteiger partial charge in [-0.25, -0.2) is 10.6 Å². The van der Waals surface area contributed by atoms with Crippen LogP contribution in [-0.2, 0) is 6.54 Å². The third-order valence-electron chi connectivity index (χ3n) is 2.24. The van der Waals surface area contributed by atoms with E-state index in [0.717, 1.165) is 0 Å². The summed E-state index contributed by atoms with van der Waals surface area (Å²) < 4.78 is 1.33. The minimum Gasteiger partial charge on any atom is -0.399 e. The Morgan fingerprint density at radius 1 is 1.59 bits per heavy atom. The predicted molar refractivity (Wildman–Crippen MR) is 64.9 cm³/mol. The van der Waals surface area contributed by atoms with Crippen LogP contribution in [0.15, 0.2) is 27.7 Å². The SMILES string of the molecule is CCN(N)/C=C(\N)Cn1cc(C)c(=O)[nH]c1=O. The molecule has 0 radical (unpaired) electrons. The van der Waals surface area contributed by atoms with Crippen LogP contribution in [0.25, 0.3) is 0 Å². The zero-order valence-corrected chi connectivity index (χ0v) is 9.93. The van der Waals surface area contributed by atoms with E-state index >= 15 is 0 Å². The Bertz CT molecular complexity index is 528. The van der Waals surface area contributed by atoms with E-state index < -0.39 is 5.69 Å². The third kappa shape index (κ3) is 3.49. The molecule has 0 unspecified atom stereocenters. The molecule has 1 aromatic heterocycles. The molecular weight excluding hydrogens is 222 g/mol. The quantitative estimate of drug-likeness (QED) is 0.453. The maximum Gasteiger partial charge on any atom is 0.328 e. The summed E-state index contributed by atoms with van der Waals surface area (Å²) in [5.41, 5.74) is 5.74. The summed E-state index contributed by atoms with van der Waals surface area (Å²) in [7, 11) is 0. The molecular formula is C10H17N5O2. The number of nitrogens with two attached hydrogens (primary N) is 2. The zero-order chi connectivity index (χ0) is 13.0. The van der Waals surface area contributed by atoms with Gasteiger partial charge in [-0.2, -0.15) is 0 Å². The van der Waals surface area contributed by atoms with Gasteiger partial charge in [0.1, 0.15) is 0 Å². The van der Waals surface area contributed by atoms with Gasteiger partial charge in [0.05, 0.1) is 6.54 Å². The van der Waals surface area contributed by atoms with Gasteiger partial charge in [-0.1, -0.05) is 0 Å². The number of hydrogen-bond donors (Lipinski definition) is 3. The van der Waals surface area contributed by atoms with Gasteiger partial charge < -0.3 is 10.7 Å². The van der Waals surface area contributed by atoms with Crippen molar-refractivity contribution in [1.82, 2.24) is 14.6 Å². The van der Waals surface area contributed by atoms with Crippen LogP contribution < -0.4 is 22.8 Å². The Morgan fingerprint density at radius 3 is 2.82 bits per heavy atom. The fourth-order valence-electron chi connectivity index (χ4n) is 1.28. The van der Waals surface area contributed by atoms with Crippen molar-refractivity contribution in [3.05, 3.63) is 44.5 Å². The molecule has 0 aliphatic carbocycles. The second-order valence-corrected chi connectivity index (χ2v) is 3.73. The van der Waals surface area contributed by atoms with E-state index in [9.17, 15) is 9.59 Å². The topological polar surface area (TPSA) is 110 Å². The Hall–Kier alpha value is -2.02. The molecule has 0 saturated heterocycles.